The molecule has 0 atom stereocenters. The van der Waals surface area contributed by atoms with Crippen molar-refractivity contribution in [1.82, 2.24) is 10.4 Å². The van der Waals surface area contributed by atoms with Gasteiger partial charge in [-0.25, -0.2) is 5.48 Å². The van der Waals surface area contributed by atoms with E-state index in [4.69, 9.17) is 5.21 Å². The molecule has 0 radical (unpaired) electrons. The topological polar surface area (TPSA) is 52.6 Å². The van der Waals surface area contributed by atoms with Gasteiger partial charge in [0.15, 0.2) is 0 Å². The lowest BCUT2D eigenvalue weighted by Gasteiger charge is -2.30. The number of hydroxylamine groups is 1. The van der Waals surface area contributed by atoms with Gasteiger partial charge >= 0.3 is 0 Å². The van der Waals surface area contributed by atoms with Gasteiger partial charge in [0, 0.05) is 12.1 Å². The Balaban J connectivity index is 1.92. The Morgan fingerprint density at radius 1 is 1.33 bits per heavy atom. The lowest BCUT2D eigenvalue weighted by Crippen LogP contribution is -2.32. The normalized spacial score (nSPS) is 17.7. The molecule has 0 unspecified atom stereocenters. The van der Waals surface area contributed by atoms with Crippen molar-refractivity contribution >= 4 is 5.91 Å². The minimum Gasteiger partial charge on any atom is -0.299 e. The van der Waals surface area contributed by atoms with Crippen molar-refractivity contribution in [1.29, 1.82) is 0 Å². The van der Waals surface area contributed by atoms with Crippen LogP contribution in [0, 0.1) is 5.92 Å². The van der Waals surface area contributed by atoms with Crippen LogP contribution in [-0.2, 0) is 6.54 Å². The van der Waals surface area contributed by atoms with Crippen molar-refractivity contribution in [3.8, 4) is 0 Å². The SMILES string of the molecule is CC1CCN(Cc2ccc(C(=O)NO)cc2)CC1. The fraction of sp³-hybridized carbons (Fsp3) is 0.500. The molecule has 2 rings (SSSR count). The third-order valence-electron chi connectivity index (χ3n) is 3.60. The van der Waals surface area contributed by atoms with Gasteiger partial charge in [-0.3, -0.25) is 14.9 Å². The van der Waals surface area contributed by atoms with Crippen molar-refractivity contribution in [2.24, 2.45) is 5.92 Å². The molecule has 1 aromatic carbocycles. The molecule has 4 heteroatoms. The van der Waals surface area contributed by atoms with Gasteiger partial charge in [-0.05, 0) is 49.5 Å². The van der Waals surface area contributed by atoms with Gasteiger partial charge in [-0.1, -0.05) is 19.1 Å². The van der Waals surface area contributed by atoms with Gasteiger partial charge in [0.05, 0.1) is 0 Å². The number of hydrogen-bond donors (Lipinski definition) is 2. The summed E-state index contributed by atoms with van der Waals surface area (Å²) in [5.74, 6) is 0.380. The van der Waals surface area contributed by atoms with Gasteiger partial charge in [-0.15, -0.1) is 0 Å². The summed E-state index contributed by atoms with van der Waals surface area (Å²) in [4.78, 5) is 13.6. The molecule has 1 saturated heterocycles. The number of nitrogens with one attached hydrogen (secondary N) is 1. The Hall–Kier alpha value is -1.39. The molecule has 98 valence electrons. The minimum atomic E-state index is -0.464. The molecule has 2 N–H and O–H groups in total. The molecule has 0 aliphatic carbocycles. The van der Waals surface area contributed by atoms with E-state index in [9.17, 15) is 4.79 Å². The maximum absolute atomic E-state index is 11.2. The van der Waals surface area contributed by atoms with Gasteiger partial charge in [0.25, 0.3) is 5.91 Å². The van der Waals surface area contributed by atoms with Gasteiger partial charge in [0.1, 0.15) is 0 Å². The predicted molar refractivity (Wildman–Crippen MR) is 69.4 cm³/mol. The number of nitrogens with zero attached hydrogens (tertiary/aromatic N) is 1. The smallest absolute Gasteiger partial charge is 0.274 e. The van der Waals surface area contributed by atoms with Crippen LogP contribution in [0.1, 0.15) is 35.7 Å². The fourth-order valence-corrected chi connectivity index (χ4v) is 2.30. The molecule has 0 saturated carbocycles. The lowest BCUT2D eigenvalue weighted by atomic mass is 9.99. The van der Waals surface area contributed by atoms with E-state index in [1.165, 1.54) is 18.4 Å². The standard InChI is InChI=1S/C14H20N2O2/c1-11-6-8-16(9-7-11)10-12-2-4-13(5-3-12)14(17)15-18/h2-5,11,18H,6-10H2,1H3,(H,15,17). The second kappa shape index (κ2) is 5.98. The van der Waals surface area contributed by atoms with Gasteiger partial charge in [0.2, 0.25) is 0 Å². The van der Waals surface area contributed by atoms with E-state index in [0.717, 1.165) is 25.6 Å². The summed E-state index contributed by atoms with van der Waals surface area (Å²) in [6.45, 7) is 5.55. The second-order valence-electron chi connectivity index (χ2n) is 5.10. The number of benzene rings is 1. The number of rotatable bonds is 3. The summed E-state index contributed by atoms with van der Waals surface area (Å²) in [7, 11) is 0. The van der Waals surface area contributed by atoms with Gasteiger partial charge in [-0.2, -0.15) is 0 Å². The zero-order chi connectivity index (χ0) is 13.0. The lowest BCUT2D eigenvalue weighted by molar-refractivity contribution is 0.0706. The van der Waals surface area contributed by atoms with E-state index in [0.29, 0.717) is 5.56 Å². The molecular formula is C14H20N2O2. The Labute approximate surface area is 108 Å². The molecule has 0 spiro atoms. The van der Waals surface area contributed by atoms with E-state index in [1.807, 2.05) is 12.1 Å². The maximum Gasteiger partial charge on any atom is 0.274 e. The summed E-state index contributed by atoms with van der Waals surface area (Å²) < 4.78 is 0. The Bertz CT molecular complexity index is 395. The highest BCUT2D eigenvalue weighted by Gasteiger charge is 2.15. The van der Waals surface area contributed by atoms with Crippen molar-refractivity contribution in [2.45, 2.75) is 26.3 Å². The van der Waals surface area contributed by atoms with Crippen LogP contribution >= 0.6 is 0 Å². The van der Waals surface area contributed by atoms with Crippen LogP contribution in [0.4, 0.5) is 0 Å². The third kappa shape index (κ3) is 3.31. The summed E-state index contributed by atoms with van der Waals surface area (Å²) >= 11 is 0. The number of piperidine rings is 1. The summed E-state index contributed by atoms with van der Waals surface area (Å²) in [6, 6.07) is 7.38. The number of carbonyl (C=O) groups is 1. The molecule has 18 heavy (non-hydrogen) atoms. The Morgan fingerprint density at radius 2 is 1.94 bits per heavy atom. The van der Waals surface area contributed by atoms with Crippen LogP contribution in [0.25, 0.3) is 0 Å². The molecular weight excluding hydrogens is 228 g/mol. The first-order valence-electron chi connectivity index (χ1n) is 6.45. The predicted octanol–water partition coefficient (Wildman–Crippen LogP) is 2.04. The summed E-state index contributed by atoms with van der Waals surface area (Å²) in [5.41, 5.74) is 3.33. The highest BCUT2D eigenvalue weighted by Crippen LogP contribution is 2.18. The zero-order valence-electron chi connectivity index (χ0n) is 10.7. The molecule has 0 aromatic heterocycles. The van der Waals surface area contributed by atoms with Crippen molar-refractivity contribution in [2.75, 3.05) is 13.1 Å². The first-order chi connectivity index (χ1) is 8.69. The van der Waals surface area contributed by atoms with Crippen LogP contribution in [-0.4, -0.2) is 29.1 Å². The van der Waals surface area contributed by atoms with Crippen LogP contribution in [0.15, 0.2) is 24.3 Å². The van der Waals surface area contributed by atoms with E-state index in [2.05, 4.69) is 11.8 Å². The van der Waals surface area contributed by atoms with Crippen molar-refractivity contribution in [3.63, 3.8) is 0 Å². The first kappa shape index (κ1) is 13.1. The van der Waals surface area contributed by atoms with Crippen LogP contribution < -0.4 is 5.48 Å². The Morgan fingerprint density at radius 3 is 2.50 bits per heavy atom. The molecule has 1 aromatic rings. The van der Waals surface area contributed by atoms with E-state index < -0.39 is 5.91 Å². The summed E-state index contributed by atoms with van der Waals surface area (Å²) in [5, 5.41) is 8.54. The maximum atomic E-state index is 11.2. The van der Waals surface area contributed by atoms with Crippen molar-refractivity contribution < 1.29 is 10.0 Å². The van der Waals surface area contributed by atoms with Crippen LogP contribution in [0.5, 0.6) is 0 Å². The summed E-state index contributed by atoms with van der Waals surface area (Å²) in [6.07, 6.45) is 2.54. The average molecular weight is 248 g/mol. The Kier molecular flexibility index (Phi) is 4.33. The number of likely N-dealkylation sites (tertiary alicyclic amines) is 1. The molecule has 1 heterocycles. The van der Waals surface area contributed by atoms with Crippen LogP contribution in [0.2, 0.25) is 0 Å². The number of hydrogen-bond acceptors (Lipinski definition) is 3. The van der Waals surface area contributed by atoms with E-state index >= 15 is 0 Å². The van der Waals surface area contributed by atoms with E-state index in [1.54, 1.807) is 17.6 Å². The highest BCUT2D eigenvalue weighted by atomic mass is 16.5. The molecule has 0 bridgehead atoms. The van der Waals surface area contributed by atoms with Gasteiger partial charge < -0.3 is 0 Å². The monoisotopic (exact) mass is 248 g/mol. The fourth-order valence-electron chi connectivity index (χ4n) is 2.30. The molecule has 1 aliphatic heterocycles. The van der Waals surface area contributed by atoms with Crippen molar-refractivity contribution in [3.05, 3.63) is 35.4 Å². The van der Waals surface area contributed by atoms with Crippen LogP contribution in [0.3, 0.4) is 0 Å². The molecule has 1 amide bonds. The first-order valence-corrected chi connectivity index (χ1v) is 6.45. The third-order valence-corrected chi connectivity index (χ3v) is 3.60. The van der Waals surface area contributed by atoms with E-state index in [-0.39, 0.29) is 0 Å². The largest absolute Gasteiger partial charge is 0.299 e. The number of amides is 1. The zero-order valence-corrected chi connectivity index (χ0v) is 10.7. The highest BCUT2D eigenvalue weighted by molar-refractivity contribution is 5.93. The average Bonchev–Trinajstić information content (AvgIpc) is 2.41. The second-order valence-corrected chi connectivity index (χ2v) is 5.10. The molecule has 4 nitrogen and oxygen atoms in total. The number of carbonyl (C=O) groups excluding carboxylic acids is 1. The molecule has 1 fully saturated rings. The molecule has 1 aliphatic rings. The minimum absolute atomic E-state index is 0.464. The quantitative estimate of drug-likeness (QED) is 0.635.